The van der Waals surface area contributed by atoms with E-state index in [1.54, 1.807) is 7.11 Å². The second-order valence-corrected chi connectivity index (χ2v) is 4.77. The van der Waals surface area contributed by atoms with Gasteiger partial charge in [0.05, 0.1) is 7.11 Å². The van der Waals surface area contributed by atoms with E-state index in [1.807, 2.05) is 31.3 Å². The zero-order valence-electron chi connectivity index (χ0n) is 11.5. The molecule has 5 nitrogen and oxygen atoms in total. The van der Waals surface area contributed by atoms with Gasteiger partial charge in [-0.25, -0.2) is 0 Å². The van der Waals surface area contributed by atoms with Crippen molar-refractivity contribution in [3.8, 4) is 5.75 Å². The molecule has 1 aliphatic rings. The maximum absolute atomic E-state index is 12.1. The monoisotopic (exact) mass is 263 g/mol. The molecule has 1 unspecified atom stereocenters. The van der Waals surface area contributed by atoms with Crippen LogP contribution < -0.4 is 15.4 Å². The summed E-state index contributed by atoms with van der Waals surface area (Å²) >= 11 is 0. The number of piperazine rings is 1. The van der Waals surface area contributed by atoms with Crippen molar-refractivity contribution in [3.05, 3.63) is 29.8 Å². The fourth-order valence-corrected chi connectivity index (χ4v) is 2.19. The average molecular weight is 263 g/mol. The van der Waals surface area contributed by atoms with Gasteiger partial charge in [-0.15, -0.1) is 0 Å². The molecular formula is C14H21N3O2. The van der Waals surface area contributed by atoms with Crippen LogP contribution >= 0.6 is 0 Å². The second-order valence-electron chi connectivity index (χ2n) is 4.77. The van der Waals surface area contributed by atoms with Crippen LogP contribution in [-0.4, -0.2) is 50.6 Å². The van der Waals surface area contributed by atoms with Gasteiger partial charge in [0.2, 0.25) is 5.91 Å². The number of carbonyl (C=O) groups excluding carboxylic acids is 1. The van der Waals surface area contributed by atoms with Crippen LogP contribution in [0, 0.1) is 0 Å². The first-order chi connectivity index (χ1) is 9.20. The molecule has 0 radical (unpaired) electrons. The Morgan fingerprint density at radius 2 is 2.42 bits per heavy atom. The van der Waals surface area contributed by atoms with Gasteiger partial charge in [0.1, 0.15) is 11.8 Å². The Hall–Kier alpha value is -1.59. The van der Waals surface area contributed by atoms with Gasteiger partial charge in [0.25, 0.3) is 0 Å². The van der Waals surface area contributed by atoms with Gasteiger partial charge >= 0.3 is 0 Å². The quantitative estimate of drug-likeness (QED) is 0.816. The van der Waals surface area contributed by atoms with Crippen LogP contribution in [0.2, 0.25) is 0 Å². The Balaban J connectivity index is 1.88. The van der Waals surface area contributed by atoms with Crippen molar-refractivity contribution in [1.29, 1.82) is 0 Å². The summed E-state index contributed by atoms with van der Waals surface area (Å²) in [6.45, 7) is 3.08. The van der Waals surface area contributed by atoms with Gasteiger partial charge in [-0.2, -0.15) is 0 Å². The van der Waals surface area contributed by atoms with E-state index in [4.69, 9.17) is 4.74 Å². The van der Waals surface area contributed by atoms with Crippen molar-refractivity contribution in [2.24, 2.45) is 0 Å². The minimum absolute atomic E-state index is 0.0671. The minimum atomic E-state index is -0.0839. The number of likely N-dealkylation sites (N-methyl/N-ethyl adjacent to an activating group) is 1. The number of rotatable bonds is 4. The Bertz CT molecular complexity index is 436. The number of methoxy groups -OCH3 is 1. The second kappa shape index (κ2) is 6.54. The molecule has 1 fully saturated rings. The molecule has 19 heavy (non-hydrogen) atoms. The highest BCUT2D eigenvalue weighted by molar-refractivity contribution is 5.82. The van der Waals surface area contributed by atoms with E-state index < -0.39 is 0 Å². The molecule has 1 amide bonds. The summed E-state index contributed by atoms with van der Waals surface area (Å²) in [5.41, 5.74) is 1.04. The maximum atomic E-state index is 12.1. The molecule has 0 spiro atoms. The largest absolute Gasteiger partial charge is 0.497 e. The summed E-state index contributed by atoms with van der Waals surface area (Å²) in [6, 6.07) is 7.65. The van der Waals surface area contributed by atoms with Crippen molar-refractivity contribution in [2.75, 3.05) is 33.8 Å². The number of nitrogens with zero attached hydrogens (tertiary/aromatic N) is 1. The first kappa shape index (κ1) is 13.8. The number of hydrogen-bond donors (Lipinski definition) is 2. The molecule has 1 aliphatic heterocycles. The third kappa shape index (κ3) is 3.68. The van der Waals surface area contributed by atoms with Gasteiger partial charge in [-0.3, -0.25) is 9.69 Å². The van der Waals surface area contributed by atoms with E-state index in [0.29, 0.717) is 13.1 Å². The predicted octanol–water partition coefficient (Wildman–Crippen LogP) is 0.215. The van der Waals surface area contributed by atoms with Gasteiger partial charge in [0, 0.05) is 26.2 Å². The molecule has 104 valence electrons. The lowest BCUT2D eigenvalue weighted by atomic mass is 10.1. The van der Waals surface area contributed by atoms with E-state index in [9.17, 15) is 4.79 Å². The standard InChI is InChI=1S/C14H21N3O2/c1-17-7-6-15-10-13(17)14(18)16-9-11-4-3-5-12(8-11)19-2/h3-5,8,13,15H,6-7,9-10H2,1-2H3,(H,16,18). The lowest BCUT2D eigenvalue weighted by Gasteiger charge is -2.31. The Morgan fingerprint density at radius 1 is 1.58 bits per heavy atom. The van der Waals surface area contributed by atoms with E-state index in [1.165, 1.54) is 0 Å². The van der Waals surface area contributed by atoms with E-state index in [-0.39, 0.29) is 11.9 Å². The van der Waals surface area contributed by atoms with Crippen molar-refractivity contribution in [2.45, 2.75) is 12.6 Å². The van der Waals surface area contributed by atoms with Crippen molar-refractivity contribution < 1.29 is 9.53 Å². The molecule has 1 aromatic carbocycles. The molecule has 5 heteroatoms. The van der Waals surface area contributed by atoms with Crippen LogP contribution in [0.1, 0.15) is 5.56 Å². The van der Waals surface area contributed by atoms with E-state index >= 15 is 0 Å². The van der Waals surface area contributed by atoms with Crippen LogP contribution in [0.3, 0.4) is 0 Å². The Kier molecular flexibility index (Phi) is 4.76. The fourth-order valence-electron chi connectivity index (χ4n) is 2.19. The summed E-state index contributed by atoms with van der Waals surface area (Å²) in [5, 5.41) is 6.21. The normalized spacial score (nSPS) is 20.0. The Labute approximate surface area is 113 Å². The molecule has 0 bridgehead atoms. The van der Waals surface area contributed by atoms with Crippen molar-refractivity contribution in [1.82, 2.24) is 15.5 Å². The molecule has 2 N–H and O–H groups in total. The summed E-state index contributed by atoms with van der Waals surface area (Å²) in [6.07, 6.45) is 0. The lowest BCUT2D eigenvalue weighted by molar-refractivity contribution is -0.126. The molecule has 1 atom stereocenters. The first-order valence-electron chi connectivity index (χ1n) is 6.52. The topological polar surface area (TPSA) is 53.6 Å². The maximum Gasteiger partial charge on any atom is 0.238 e. The smallest absolute Gasteiger partial charge is 0.238 e. The van der Waals surface area contributed by atoms with Crippen LogP contribution in [0.4, 0.5) is 0 Å². The van der Waals surface area contributed by atoms with E-state index in [2.05, 4.69) is 15.5 Å². The highest BCUT2D eigenvalue weighted by atomic mass is 16.5. The fraction of sp³-hybridized carbons (Fsp3) is 0.500. The molecule has 0 saturated carbocycles. The number of amides is 1. The predicted molar refractivity (Wildman–Crippen MR) is 74.1 cm³/mol. The van der Waals surface area contributed by atoms with Crippen LogP contribution in [0.25, 0.3) is 0 Å². The SMILES string of the molecule is COc1cccc(CNC(=O)C2CNCCN2C)c1. The molecular weight excluding hydrogens is 242 g/mol. The summed E-state index contributed by atoms with van der Waals surface area (Å²) < 4.78 is 5.16. The molecule has 2 rings (SSSR count). The molecule has 0 aliphatic carbocycles. The zero-order valence-corrected chi connectivity index (χ0v) is 11.5. The molecule has 1 saturated heterocycles. The zero-order chi connectivity index (χ0) is 13.7. The third-order valence-corrected chi connectivity index (χ3v) is 3.41. The van der Waals surface area contributed by atoms with Gasteiger partial charge in [-0.1, -0.05) is 12.1 Å². The number of carbonyl (C=O) groups is 1. The van der Waals surface area contributed by atoms with Crippen LogP contribution in [-0.2, 0) is 11.3 Å². The highest BCUT2D eigenvalue weighted by Gasteiger charge is 2.25. The van der Waals surface area contributed by atoms with E-state index in [0.717, 1.165) is 24.4 Å². The van der Waals surface area contributed by atoms with Crippen LogP contribution in [0.5, 0.6) is 5.75 Å². The Morgan fingerprint density at radius 3 is 3.16 bits per heavy atom. The van der Waals surface area contributed by atoms with Gasteiger partial charge in [-0.05, 0) is 24.7 Å². The van der Waals surface area contributed by atoms with Crippen molar-refractivity contribution in [3.63, 3.8) is 0 Å². The first-order valence-corrected chi connectivity index (χ1v) is 6.52. The molecule has 1 aromatic rings. The number of benzene rings is 1. The summed E-state index contributed by atoms with van der Waals surface area (Å²) in [4.78, 5) is 14.2. The average Bonchev–Trinajstić information content (AvgIpc) is 2.45. The lowest BCUT2D eigenvalue weighted by Crippen LogP contribution is -2.56. The molecule has 0 aromatic heterocycles. The van der Waals surface area contributed by atoms with Gasteiger partial charge in [0.15, 0.2) is 0 Å². The number of nitrogens with one attached hydrogen (secondary N) is 2. The summed E-state index contributed by atoms with van der Waals surface area (Å²) in [7, 11) is 3.62. The number of ether oxygens (including phenoxy) is 1. The third-order valence-electron chi connectivity index (χ3n) is 3.41. The highest BCUT2D eigenvalue weighted by Crippen LogP contribution is 2.12. The molecule has 1 heterocycles. The summed E-state index contributed by atoms with van der Waals surface area (Å²) in [5.74, 6) is 0.876. The van der Waals surface area contributed by atoms with Crippen LogP contribution in [0.15, 0.2) is 24.3 Å². The van der Waals surface area contributed by atoms with Crippen molar-refractivity contribution >= 4 is 5.91 Å². The number of hydrogen-bond acceptors (Lipinski definition) is 4. The van der Waals surface area contributed by atoms with Gasteiger partial charge < -0.3 is 15.4 Å². The minimum Gasteiger partial charge on any atom is -0.497 e.